The van der Waals surface area contributed by atoms with Gasteiger partial charge in [-0.25, -0.2) is 0 Å². The third kappa shape index (κ3) is 8.85. The van der Waals surface area contributed by atoms with Crippen LogP contribution in [0.1, 0.15) is 185 Å². The Bertz CT molecular complexity index is 1040. The molecule has 0 unspecified atom stereocenters. The normalized spacial score (nSPS) is 13.5. The van der Waals surface area contributed by atoms with Gasteiger partial charge in [0.15, 0.2) is 0 Å². The predicted octanol–water partition coefficient (Wildman–Crippen LogP) is 10.0. The topological polar surface area (TPSA) is 35.6 Å². The minimum atomic E-state index is 0. The van der Waals surface area contributed by atoms with Gasteiger partial charge in [0.2, 0.25) is 0 Å². The molecule has 0 aromatic carbocycles. The van der Waals surface area contributed by atoms with Crippen LogP contribution in [0.2, 0.25) is 0 Å². The fourth-order valence-corrected chi connectivity index (χ4v) is 5.04. The third-order valence-electron chi connectivity index (χ3n) is 9.38. The summed E-state index contributed by atoms with van der Waals surface area (Å²) in [6.45, 7) is 40.6. The summed E-state index contributed by atoms with van der Waals surface area (Å²) in [6.07, 6.45) is 4.34. The summed E-state index contributed by atoms with van der Waals surface area (Å²) in [6, 6.07) is 0. The Kier molecular flexibility index (Phi) is 13.6. The van der Waals surface area contributed by atoms with Gasteiger partial charge < -0.3 is 19.1 Å². The van der Waals surface area contributed by atoms with Gasteiger partial charge in [-0.15, -0.1) is 14.1 Å². The van der Waals surface area contributed by atoms with E-state index >= 15 is 0 Å². The van der Waals surface area contributed by atoms with E-state index in [1.54, 1.807) is 0 Å². The number of imidazole rings is 2. The van der Waals surface area contributed by atoms with Gasteiger partial charge in [0, 0.05) is 11.6 Å². The number of nitrogens with zero attached hydrogens (tertiary/aromatic N) is 4. The summed E-state index contributed by atoms with van der Waals surface area (Å²) >= 11 is 0. The summed E-state index contributed by atoms with van der Waals surface area (Å²) in [4.78, 5) is 10.1. The Morgan fingerprint density at radius 1 is 0.463 bits per heavy atom. The van der Waals surface area contributed by atoms with E-state index in [0.717, 1.165) is 37.3 Å². The molecule has 2 aromatic rings. The maximum atomic E-state index is 5.04. The first-order valence-corrected chi connectivity index (χ1v) is 15.7. The zero-order chi connectivity index (χ0) is 31.9. The van der Waals surface area contributed by atoms with Crippen LogP contribution in [0.3, 0.4) is 0 Å². The quantitative estimate of drug-likeness (QED) is 0.212. The van der Waals surface area contributed by atoms with Crippen LogP contribution in [-0.2, 0) is 32.5 Å². The SMILES string of the molecule is [CH2-]n1c(C(C)(C)C)nc(C(C)(C)CC)c1C(C)(C)CC.[CH2-]n1c(C(C)(C)C)nc(C(C)(C)CC)c1C(C)(C)CC.[Sr+2]. The fraction of sp³-hybridized carbons (Fsp3) is 0.778. The van der Waals surface area contributed by atoms with Crippen LogP contribution in [0.25, 0.3) is 0 Å². The van der Waals surface area contributed by atoms with Gasteiger partial charge in [0.1, 0.15) is 0 Å². The summed E-state index contributed by atoms with van der Waals surface area (Å²) in [5.41, 5.74) is 5.47. The van der Waals surface area contributed by atoms with Crippen molar-refractivity contribution >= 4 is 45.5 Å². The van der Waals surface area contributed by atoms with E-state index in [0.29, 0.717) is 0 Å². The Morgan fingerprint density at radius 3 is 0.854 bits per heavy atom. The summed E-state index contributed by atoms with van der Waals surface area (Å²) in [5, 5.41) is 0. The van der Waals surface area contributed by atoms with Gasteiger partial charge in [-0.2, -0.15) is 0 Å². The number of hydrogen-bond donors (Lipinski definition) is 0. The molecule has 232 valence electrons. The smallest absolute Gasteiger partial charge is 0.471 e. The van der Waals surface area contributed by atoms with Crippen molar-refractivity contribution in [3.8, 4) is 0 Å². The second-order valence-corrected chi connectivity index (χ2v) is 16.6. The number of hydrogen-bond acceptors (Lipinski definition) is 2. The Labute approximate surface area is 293 Å². The van der Waals surface area contributed by atoms with Crippen molar-refractivity contribution in [2.24, 2.45) is 0 Å². The Balaban J connectivity index is 0.000000762. The van der Waals surface area contributed by atoms with Gasteiger partial charge in [-0.05, 0) is 56.7 Å². The largest absolute Gasteiger partial charge is 2.00 e. The van der Waals surface area contributed by atoms with Crippen molar-refractivity contribution in [1.82, 2.24) is 19.1 Å². The molecule has 0 saturated carbocycles. The molecule has 0 fully saturated rings. The molecule has 0 aliphatic heterocycles. The Morgan fingerprint density at radius 2 is 0.683 bits per heavy atom. The molecule has 0 amide bonds. The van der Waals surface area contributed by atoms with E-state index in [1.165, 1.54) is 22.8 Å². The monoisotopic (exact) mass is 642 g/mol. The summed E-state index contributed by atoms with van der Waals surface area (Å²) < 4.78 is 4.21. The van der Waals surface area contributed by atoms with Crippen molar-refractivity contribution in [3.05, 3.63) is 48.5 Å². The van der Waals surface area contributed by atoms with E-state index in [9.17, 15) is 0 Å². The fourth-order valence-electron chi connectivity index (χ4n) is 5.04. The molecule has 4 nitrogen and oxygen atoms in total. The molecule has 0 spiro atoms. The van der Waals surface area contributed by atoms with Crippen LogP contribution in [0, 0.1) is 14.1 Å². The molecule has 0 N–H and O–H groups in total. The Hall–Kier alpha value is -0.359. The molecule has 0 radical (unpaired) electrons. The molecular weight excluding hydrogens is 576 g/mol. The van der Waals surface area contributed by atoms with E-state index in [4.69, 9.17) is 9.97 Å². The zero-order valence-electron chi connectivity index (χ0n) is 30.7. The number of rotatable bonds is 8. The molecule has 0 saturated heterocycles. The average molecular weight is 643 g/mol. The maximum Gasteiger partial charge on any atom is 2.00 e. The first-order chi connectivity index (χ1) is 17.8. The molecule has 0 bridgehead atoms. The van der Waals surface area contributed by atoms with Crippen molar-refractivity contribution in [2.75, 3.05) is 0 Å². The van der Waals surface area contributed by atoms with Gasteiger partial charge >= 0.3 is 45.5 Å². The standard InChI is InChI=1S/2C18H33N2.Sr/c2*1-11-17(6,7)13-14(18(8,9)12-2)20(10)15(19-13)16(3,4)5;/h2*10-12H2,1-9H3;/q2*-1;+2. The van der Waals surface area contributed by atoms with Gasteiger partial charge in [-0.1, -0.05) is 149 Å². The summed E-state index contributed by atoms with van der Waals surface area (Å²) in [7, 11) is 8.65. The second kappa shape index (κ2) is 13.7. The molecule has 2 rings (SSSR count). The third-order valence-corrected chi connectivity index (χ3v) is 9.38. The van der Waals surface area contributed by atoms with Crippen molar-refractivity contribution in [1.29, 1.82) is 0 Å². The average Bonchev–Trinajstić information content (AvgIpc) is 3.38. The molecular formula is C36H66N4Sr. The minimum Gasteiger partial charge on any atom is -0.471 e. The van der Waals surface area contributed by atoms with Gasteiger partial charge in [0.05, 0.1) is 0 Å². The number of aromatic nitrogens is 4. The summed E-state index contributed by atoms with van der Waals surface area (Å²) in [5.74, 6) is 2.18. The van der Waals surface area contributed by atoms with Crippen LogP contribution in [-0.4, -0.2) is 64.6 Å². The molecule has 2 heterocycles. The second-order valence-electron chi connectivity index (χ2n) is 16.6. The molecule has 5 heteroatoms. The van der Waals surface area contributed by atoms with Crippen molar-refractivity contribution in [3.63, 3.8) is 0 Å². The van der Waals surface area contributed by atoms with Crippen LogP contribution >= 0.6 is 0 Å². The van der Waals surface area contributed by atoms with Crippen LogP contribution in [0.4, 0.5) is 0 Å². The van der Waals surface area contributed by atoms with Crippen LogP contribution < -0.4 is 0 Å². The predicted molar refractivity (Wildman–Crippen MR) is 182 cm³/mol. The van der Waals surface area contributed by atoms with Gasteiger partial charge in [0.25, 0.3) is 0 Å². The molecule has 0 aliphatic carbocycles. The van der Waals surface area contributed by atoms with Crippen LogP contribution in [0.15, 0.2) is 0 Å². The maximum absolute atomic E-state index is 5.04. The van der Waals surface area contributed by atoms with E-state index < -0.39 is 0 Å². The zero-order valence-corrected chi connectivity index (χ0v) is 34.2. The molecule has 2 aromatic heterocycles. The van der Waals surface area contributed by atoms with E-state index in [1.807, 2.05) is 0 Å². The molecule has 0 aliphatic rings. The van der Waals surface area contributed by atoms with Gasteiger partial charge in [-0.3, -0.25) is 0 Å². The van der Waals surface area contributed by atoms with E-state index in [2.05, 4.69) is 148 Å². The first kappa shape index (κ1) is 40.6. The van der Waals surface area contributed by atoms with Crippen molar-refractivity contribution in [2.45, 2.75) is 183 Å². The minimum absolute atomic E-state index is 0. The molecule has 0 atom stereocenters. The van der Waals surface area contributed by atoms with E-state index in [-0.39, 0.29) is 78.0 Å². The van der Waals surface area contributed by atoms with Crippen LogP contribution in [0.5, 0.6) is 0 Å². The molecule has 41 heavy (non-hydrogen) atoms. The first-order valence-electron chi connectivity index (χ1n) is 15.7. The van der Waals surface area contributed by atoms with Crippen molar-refractivity contribution < 1.29 is 0 Å².